The van der Waals surface area contributed by atoms with Crippen LogP contribution < -0.4 is 0 Å². The van der Waals surface area contributed by atoms with E-state index in [0.717, 1.165) is 24.8 Å². The Morgan fingerprint density at radius 3 is 2.58 bits per heavy atom. The van der Waals surface area contributed by atoms with Crippen molar-refractivity contribution in [2.24, 2.45) is 0 Å². The normalized spacial score (nSPS) is 23.2. The Balaban J connectivity index is 1.61. The number of morpholine rings is 1. The van der Waals surface area contributed by atoms with Gasteiger partial charge in [-0.2, -0.15) is 22.0 Å². The highest BCUT2D eigenvalue weighted by atomic mass is 32.2. The third-order valence-corrected chi connectivity index (χ3v) is 6.83. The number of hydrogen-bond donors (Lipinski definition) is 0. The summed E-state index contributed by atoms with van der Waals surface area (Å²) in [6.45, 7) is 2.01. The Kier molecular flexibility index (Phi) is 5.03. The first-order chi connectivity index (χ1) is 12.7. The summed E-state index contributed by atoms with van der Waals surface area (Å²) in [4.78, 5) is 4.43. The molecule has 140 valence electrons. The number of nitrogens with zero attached hydrogens (tertiary/aromatic N) is 4. The summed E-state index contributed by atoms with van der Waals surface area (Å²) in [6, 6.07) is 8.85. The van der Waals surface area contributed by atoms with Crippen molar-refractivity contribution in [2.45, 2.75) is 25.3 Å². The van der Waals surface area contributed by atoms with Crippen LogP contribution in [0.3, 0.4) is 0 Å². The van der Waals surface area contributed by atoms with E-state index in [-0.39, 0.29) is 6.61 Å². The minimum Gasteiger partial charge on any atom is -0.378 e. The molecule has 26 heavy (non-hydrogen) atoms. The maximum absolute atomic E-state index is 13.1. The van der Waals surface area contributed by atoms with Crippen LogP contribution in [-0.2, 0) is 14.9 Å². The highest BCUT2D eigenvalue weighted by Gasteiger charge is 2.40. The Labute approximate surface area is 152 Å². The zero-order chi connectivity index (χ0) is 18.0. The van der Waals surface area contributed by atoms with Crippen molar-refractivity contribution in [3.05, 3.63) is 36.2 Å². The number of rotatable bonds is 4. The van der Waals surface area contributed by atoms with Crippen molar-refractivity contribution in [3.63, 3.8) is 0 Å². The summed E-state index contributed by atoms with van der Waals surface area (Å²) < 4.78 is 40.1. The molecule has 9 heteroatoms. The van der Waals surface area contributed by atoms with Crippen LogP contribution in [-0.4, -0.2) is 60.0 Å². The van der Waals surface area contributed by atoms with E-state index in [1.807, 2.05) is 30.3 Å². The molecule has 0 spiro atoms. The SMILES string of the molecule is O=S(=O)(N1CCCCC1)N1CCOC[C@@H]1c1noc(-c2ccccc2)n1. The molecule has 0 aliphatic carbocycles. The van der Waals surface area contributed by atoms with Crippen LogP contribution >= 0.6 is 0 Å². The van der Waals surface area contributed by atoms with E-state index in [2.05, 4.69) is 10.1 Å². The lowest BCUT2D eigenvalue weighted by Gasteiger charge is -2.37. The second-order valence-electron chi connectivity index (χ2n) is 6.49. The zero-order valence-corrected chi connectivity index (χ0v) is 15.3. The average molecular weight is 378 g/mol. The molecule has 1 aromatic carbocycles. The summed E-state index contributed by atoms with van der Waals surface area (Å²) in [5, 5.41) is 4.03. The van der Waals surface area contributed by atoms with Gasteiger partial charge in [0.05, 0.1) is 13.2 Å². The monoisotopic (exact) mass is 378 g/mol. The Morgan fingerprint density at radius 2 is 1.81 bits per heavy atom. The topological polar surface area (TPSA) is 88.8 Å². The molecule has 4 rings (SSSR count). The van der Waals surface area contributed by atoms with Crippen molar-refractivity contribution >= 4 is 10.2 Å². The molecule has 0 N–H and O–H groups in total. The molecule has 0 radical (unpaired) electrons. The maximum atomic E-state index is 13.1. The van der Waals surface area contributed by atoms with E-state index in [1.165, 1.54) is 4.31 Å². The molecule has 2 aliphatic rings. The number of hydrogen-bond acceptors (Lipinski definition) is 6. The smallest absolute Gasteiger partial charge is 0.282 e. The van der Waals surface area contributed by atoms with Gasteiger partial charge in [-0.3, -0.25) is 0 Å². The number of benzene rings is 1. The molecular formula is C17H22N4O4S. The lowest BCUT2D eigenvalue weighted by atomic mass is 10.2. The van der Waals surface area contributed by atoms with Crippen LogP contribution in [0.1, 0.15) is 31.1 Å². The lowest BCUT2D eigenvalue weighted by Crippen LogP contribution is -2.51. The van der Waals surface area contributed by atoms with Crippen LogP contribution in [0.5, 0.6) is 0 Å². The van der Waals surface area contributed by atoms with Gasteiger partial charge >= 0.3 is 0 Å². The first kappa shape index (κ1) is 17.6. The van der Waals surface area contributed by atoms with Crippen molar-refractivity contribution < 1.29 is 17.7 Å². The molecule has 2 aliphatic heterocycles. The Bertz CT molecular complexity index is 833. The van der Waals surface area contributed by atoms with Crippen LogP contribution in [0.15, 0.2) is 34.9 Å². The van der Waals surface area contributed by atoms with E-state index in [4.69, 9.17) is 9.26 Å². The van der Waals surface area contributed by atoms with E-state index in [1.54, 1.807) is 4.31 Å². The third-order valence-electron chi connectivity index (χ3n) is 4.78. The summed E-state index contributed by atoms with van der Waals surface area (Å²) >= 11 is 0. The van der Waals surface area contributed by atoms with Crippen LogP contribution in [0.25, 0.3) is 11.5 Å². The van der Waals surface area contributed by atoms with Gasteiger partial charge in [0.2, 0.25) is 0 Å². The van der Waals surface area contributed by atoms with Gasteiger partial charge in [0.15, 0.2) is 5.82 Å². The molecule has 1 aromatic heterocycles. The standard InChI is InChI=1S/C17H22N4O4S/c22-26(23,20-9-5-2-6-10-20)21-11-12-24-13-15(21)16-18-17(25-19-16)14-7-3-1-4-8-14/h1,3-4,7-8,15H,2,5-6,9-13H2/t15-/m1/s1. The predicted molar refractivity (Wildman–Crippen MR) is 94.3 cm³/mol. The number of ether oxygens (including phenoxy) is 1. The summed E-state index contributed by atoms with van der Waals surface area (Å²) in [5.41, 5.74) is 0.799. The molecule has 2 aromatic rings. The van der Waals surface area contributed by atoms with Gasteiger partial charge in [0.25, 0.3) is 16.1 Å². The Morgan fingerprint density at radius 1 is 1.04 bits per heavy atom. The zero-order valence-electron chi connectivity index (χ0n) is 14.5. The molecule has 2 saturated heterocycles. The van der Waals surface area contributed by atoms with Crippen LogP contribution in [0.4, 0.5) is 0 Å². The van der Waals surface area contributed by atoms with Gasteiger partial charge in [-0.15, -0.1) is 0 Å². The molecule has 0 amide bonds. The van der Waals surface area contributed by atoms with E-state index >= 15 is 0 Å². The van der Waals surface area contributed by atoms with Crippen LogP contribution in [0, 0.1) is 0 Å². The van der Waals surface area contributed by atoms with Gasteiger partial charge in [0.1, 0.15) is 6.04 Å². The van der Waals surface area contributed by atoms with Crippen molar-refractivity contribution in [1.29, 1.82) is 0 Å². The second-order valence-corrected chi connectivity index (χ2v) is 8.37. The van der Waals surface area contributed by atoms with Gasteiger partial charge in [-0.1, -0.05) is 29.8 Å². The minimum atomic E-state index is -3.57. The molecule has 0 bridgehead atoms. The van der Waals surface area contributed by atoms with Gasteiger partial charge in [0, 0.05) is 25.2 Å². The minimum absolute atomic E-state index is 0.223. The summed E-state index contributed by atoms with van der Waals surface area (Å²) in [7, 11) is -3.57. The average Bonchev–Trinajstić information content (AvgIpc) is 3.19. The summed E-state index contributed by atoms with van der Waals surface area (Å²) in [6.07, 6.45) is 2.87. The first-order valence-corrected chi connectivity index (χ1v) is 10.3. The lowest BCUT2D eigenvalue weighted by molar-refractivity contribution is 0.0249. The second kappa shape index (κ2) is 7.43. The predicted octanol–water partition coefficient (Wildman–Crippen LogP) is 1.84. The maximum Gasteiger partial charge on any atom is 0.282 e. The molecule has 1 atom stereocenters. The Hall–Kier alpha value is -1.81. The molecule has 0 saturated carbocycles. The molecule has 8 nitrogen and oxygen atoms in total. The highest BCUT2D eigenvalue weighted by molar-refractivity contribution is 7.86. The summed E-state index contributed by atoms with van der Waals surface area (Å²) in [5.74, 6) is 0.714. The van der Waals surface area contributed by atoms with Crippen molar-refractivity contribution in [2.75, 3.05) is 32.8 Å². The fraction of sp³-hybridized carbons (Fsp3) is 0.529. The third kappa shape index (κ3) is 3.39. The van der Waals surface area contributed by atoms with E-state index in [9.17, 15) is 8.42 Å². The first-order valence-electron chi connectivity index (χ1n) is 8.90. The van der Waals surface area contributed by atoms with E-state index in [0.29, 0.717) is 38.0 Å². The molecule has 0 unspecified atom stereocenters. The van der Waals surface area contributed by atoms with Gasteiger partial charge < -0.3 is 9.26 Å². The molecule has 2 fully saturated rings. The quantitative estimate of drug-likeness (QED) is 0.807. The van der Waals surface area contributed by atoms with E-state index < -0.39 is 16.3 Å². The van der Waals surface area contributed by atoms with Crippen LogP contribution in [0.2, 0.25) is 0 Å². The molecule has 3 heterocycles. The fourth-order valence-electron chi connectivity index (χ4n) is 3.38. The number of piperidine rings is 1. The molecular weight excluding hydrogens is 356 g/mol. The van der Waals surface area contributed by atoms with Gasteiger partial charge in [-0.05, 0) is 25.0 Å². The number of aromatic nitrogens is 2. The van der Waals surface area contributed by atoms with Crippen molar-refractivity contribution in [1.82, 2.24) is 18.8 Å². The van der Waals surface area contributed by atoms with Gasteiger partial charge in [-0.25, -0.2) is 0 Å². The van der Waals surface area contributed by atoms with Crippen molar-refractivity contribution in [3.8, 4) is 11.5 Å². The fourth-order valence-corrected chi connectivity index (χ4v) is 5.18. The largest absolute Gasteiger partial charge is 0.378 e. The highest BCUT2D eigenvalue weighted by Crippen LogP contribution is 2.29.